The molecule has 10 heteroatoms. The van der Waals surface area contributed by atoms with E-state index in [2.05, 4.69) is 25.3 Å². The number of nitrogens with one attached hydrogen (secondary N) is 1. The van der Waals surface area contributed by atoms with Gasteiger partial charge in [-0.2, -0.15) is 5.10 Å². The van der Waals surface area contributed by atoms with E-state index in [0.29, 0.717) is 22.6 Å². The minimum Gasteiger partial charge on any atom is -0.473 e. The molecule has 2 aromatic heterocycles. The van der Waals surface area contributed by atoms with E-state index in [-0.39, 0.29) is 11.0 Å². The molecule has 1 unspecified atom stereocenters. The molecule has 1 fully saturated rings. The normalized spacial score (nSPS) is 16.8. The molecule has 29 heavy (non-hydrogen) atoms. The van der Waals surface area contributed by atoms with Gasteiger partial charge in [0.15, 0.2) is 15.5 Å². The second kappa shape index (κ2) is 8.05. The number of nitrogens with zero attached hydrogens (tertiary/aromatic N) is 5. The number of piperazine rings is 1. The molecule has 1 aromatic carbocycles. The van der Waals surface area contributed by atoms with E-state index < -0.39 is 9.84 Å². The fraction of sp³-hybridized carbons (Fsp3) is 0.421. The van der Waals surface area contributed by atoms with Gasteiger partial charge >= 0.3 is 0 Å². The molecule has 0 aliphatic carbocycles. The highest BCUT2D eigenvalue weighted by atomic mass is 32.2. The molecule has 0 amide bonds. The predicted octanol–water partition coefficient (Wildman–Crippen LogP) is 0.892. The summed E-state index contributed by atoms with van der Waals surface area (Å²) in [4.78, 5) is 11.3. The Labute approximate surface area is 169 Å². The SMILES string of the molecule is CC(CN1CCNCC1)Oc1ncnc2c1cnn2-c1ccc(S(C)(=O)=O)cc1. The second-order valence-electron chi connectivity index (χ2n) is 7.22. The highest BCUT2D eigenvalue weighted by Crippen LogP contribution is 2.24. The quantitative estimate of drug-likeness (QED) is 0.632. The second-order valence-corrected chi connectivity index (χ2v) is 9.23. The molecule has 154 valence electrons. The monoisotopic (exact) mass is 416 g/mol. The zero-order valence-electron chi connectivity index (χ0n) is 16.4. The molecular weight excluding hydrogens is 392 g/mol. The number of hydrogen-bond donors (Lipinski definition) is 1. The van der Waals surface area contributed by atoms with Gasteiger partial charge in [0.05, 0.1) is 16.8 Å². The van der Waals surface area contributed by atoms with Crippen molar-refractivity contribution in [2.75, 3.05) is 39.0 Å². The Hall–Kier alpha value is -2.56. The van der Waals surface area contributed by atoms with Crippen LogP contribution in [0.1, 0.15) is 6.92 Å². The highest BCUT2D eigenvalue weighted by Gasteiger charge is 2.18. The molecule has 0 saturated carbocycles. The lowest BCUT2D eigenvalue weighted by Crippen LogP contribution is -2.46. The van der Waals surface area contributed by atoms with E-state index in [1.165, 1.54) is 12.6 Å². The van der Waals surface area contributed by atoms with Gasteiger partial charge in [-0.1, -0.05) is 0 Å². The maximum atomic E-state index is 11.7. The molecule has 3 aromatic rings. The van der Waals surface area contributed by atoms with Crippen LogP contribution >= 0.6 is 0 Å². The Morgan fingerprint density at radius 2 is 1.90 bits per heavy atom. The molecule has 0 spiro atoms. The van der Waals surface area contributed by atoms with Crippen LogP contribution in [0.15, 0.2) is 41.7 Å². The van der Waals surface area contributed by atoms with E-state index in [0.717, 1.165) is 32.7 Å². The summed E-state index contributed by atoms with van der Waals surface area (Å²) < 4.78 is 31.1. The molecule has 1 saturated heterocycles. The Bertz CT molecular complexity index is 1090. The topological polar surface area (TPSA) is 102 Å². The van der Waals surface area contributed by atoms with E-state index in [9.17, 15) is 8.42 Å². The minimum absolute atomic E-state index is 0.0244. The fourth-order valence-electron chi connectivity index (χ4n) is 3.43. The first kappa shape index (κ1) is 19.7. The van der Waals surface area contributed by atoms with E-state index in [1.807, 2.05) is 6.92 Å². The van der Waals surface area contributed by atoms with Gasteiger partial charge < -0.3 is 10.1 Å². The summed E-state index contributed by atoms with van der Waals surface area (Å²) >= 11 is 0. The summed E-state index contributed by atoms with van der Waals surface area (Å²) in [6.07, 6.45) is 4.29. The van der Waals surface area contributed by atoms with Crippen molar-refractivity contribution in [1.29, 1.82) is 0 Å². The van der Waals surface area contributed by atoms with Crippen molar-refractivity contribution in [3.05, 3.63) is 36.8 Å². The number of sulfone groups is 1. The molecule has 3 heterocycles. The number of hydrogen-bond acceptors (Lipinski definition) is 8. The van der Waals surface area contributed by atoms with Crippen LogP contribution in [-0.2, 0) is 9.84 Å². The third-order valence-corrected chi connectivity index (χ3v) is 6.00. The van der Waals surface area contributed by atoms with Crippen LogP contribution in [0.3, 0.4) is 0 Å². The maximum absolute atomic E-state index is 11.7. The largest absolute Gasteiger partial charge is 0.473 e. The summed E-state index contributed by atoms with van der Waals surface area (Å²) in [5.41, 5.74) is 1.32. The average Bonchev–Trinajstić information content (AvgIpc) is 3.13. The number of aromatic nitrogens is 4. The molecule has 1 aliphatic rings. The molecule has 1 atom stereocenters. The van der Waals surface area contributed by atoms with Gasteiger partial charge in [-0.25, -0.2) is 23.1 Å². The van der Waals surface area contributed by atoms with Crippen LogP contribution < -0.4 is 10.1 Å². The molecule has 0 radical (unpaired) electrons. The summed E-state index contributed by atoms with van der Waals surface area (Å²) in [7, 11) is -3.25. The summed E-state index contributed by atoms with van der Waals surface area (Å²) in [6.45, 7) is 6.87. The lowest BCUT2D eigenvalue weighted by molar-refractivity contribution is 0.133. The number of ether oxygens (including phenoxy) is 1. The van der Waals surface area contributed by atoms with E-state index in [4.69, 9.17) is 4.74 Å². The van der Waals surface area contributed by atoms with Gasteiger partial charge in [-0.05, 0) is 31.2 Å². The van der Waals surface area contributed by atoms with Crippen LogP contribution in [0.5, 0.6) is 5.88 Å². The zero-order chi connectivity index (χ0) is 20.4. The van der Waals surface area contributed by atoms with Gasteiger partial charge in [0.25, 0.3) is 0 Å². The predicted molar refractivity (Wildman–Crippen MR) is 109 cm³/mol. The van der Waals surface area contributed by atoms with Crippen LogP contribution in [0.25, 0.3) is 16.7 Å². The molecule has 4 rings (SSSR count). The van der Waals surface area contributed by atoms with Crippen molar-refractivity contribution in [2.24, 2.45) is 0 Å². The van der Waals surface area contributed by atoms with Gasteiger partial charge in [0, 0.05) is 39.0 Å². The first-order valence-corrected chi connectivity index (χ1v) is 11.4. The fourth-order valence-corrected chi connectivity index (χ4v) is 4.06. The highest BCUT2D eigenvalue weighted by molar-refractivity contribution is 7.90. The smallest absolute Gasteiger partial charge is 0.228 e. The van der Waals surface area contributed by atoms with Crippen LogP contribution in [0, 0.1) is 0 Å². The Kier molecular flexibility index (Phi) is 5.48. The lowest BCUT2D eigenvalue weighted by atomic mass is 10.3. The standard InChI is InChI=1S/C19H24N6O3S/c1-14(12-24-9-7-20-8-10-24)28-19-17-11-23-25(18(17)21-13-22-19)15-3-5-16(6-4-15)29(2,26)27/h3-6,11,13-14,20H,7-10,12H2,1-2H3. The van der Waals surface area contributed by atoms with Crippen molar-refractivity contribution in [1.82, 2.24) is 30.0 Å². The van der Waals surface area contributed by atoms with Crippen molar-refractivity contribution >= 4 is 20.9 Å². The molecular formula is C19H24N6O3S. The minimum atomic E-state index is -3.25. The maximum Gasteiger partial charge on any atom is 0.228 e. The Morgan fingerprint density at radius 3 is 2.59 bits per heavy atom. The number of benzene rings is 1. The van der Waals surface area contributed by atoms with E-state index >= 15 is 0 Å². The molecule has 0 bridgehead atoms. The zero-order valence-corrected chi connectivity index (χ0v) is 17.3. The molecule has 1 N–H and O–H groups in total. The number of fused-ring (bicyclic) bond motifs is 1. The first-order chi connectivity index (χ1) is 13.9. The molecule has 1 aliphatic heterocycles. The Balaban J connectivity index is 1.56. The van der Waals surface area contributed by atoms with Gasteiger partial charge in [0.1, 0.15) is 17.8 Å². The van der Waals surface area contributed by atoms with Gasteiger partial charge in [-0.15, -0.1) is 0 Å². The third-order valence-electron chi connectivity index (χ3n) is 4.88. The van der Waals surface area contributed by atoms with Crippen molar-refractivity contribution < 1.29 is 13.2 Å². The summed E-state index contributed by atoms with van der Waals surface area (Å²) in [6, 6.07) is 6.54. The Morgan fingerprint density at radius 1 is 1.17 bits per heavy atom. The third kappa shape index (κ3) is 4.39. The van der Waals surface area contributed by atoms with Crippen molar-refractivity contribution in [3.63, 3.8) is 0 Å². The summed E-state index contributed by atoms with van der Waals surface area (Å²) in [5.74, 6) is 0.497. The van der Waals surface area contributed by atoms with Crippen molar-refractivity contribution in [3.8, 4) is 11.6 Å². The van der Waals surface area contributed by atoms with Crippen LogP contribution in [0.4, 0.5) is 0 Å². The first-order valence-electron chi connectivity index (χ1n) is 9.51. The lowest BCUT2D eigenvalue weighted by Gasteiger charge is -2.29. The van der Waals surface area contributed by atoms with Crippen LogP contribution in [-0.4, -0.2) is 78.1 Å². The van der Waals surface area contributed by atoms with Gasteiger partial charge in [0.2, 0.25) is 5.88 Å². The number of rotatable bonds is 6. The van der Waals surface area contributed by atoms with E-state index in [1.54, 1.807) is 35.1 Å². The van der Waals surface area contributed by atoms with Crippen molar-refractivity contribution in [2.45, 2.75) is 17.9 Å². The molecule has 9 nitrogen and oxygen atoms in total. The average molecular weight is 417 g/mol. The van der Waals surface area contributed by atoms with Gasteiger partial charge in [-0.3, -0.25) is 4.90 Å². The summed E-state index contributed by atoms with van der Waals surface area (Å²) in [5, 5.41) is 8.47. The van der Waals surface area contributed by atoms with Crippen LogP contribution in [0.2, 0.25) is 0 Å².